The molecule has 3 heteroatoms. The van der Waals surface area contributed by atoms with Crippen molar-refractivity contribution in [3.8, 4) is 50.2 Å². The Hall–Kier alpha value is -8.50. The van der Waals surface area contributed by atoms with Gasteiger partial charge in [0.15, 0.2) is 0 Å². The number of nitrogens with zero attached hydrogens (tertiary/aromatic N) is 2. The molecule has 0 saturated heterocycles. The van der Waals surface area contributed by atoms with Gasteiger partial charge < -0.3 is 9.47 Å². The van der Waals surface area contributed by atoms with E-state index in [9.17, 15) is 0 Å². The summed E-state index contributed by atoms with van der Waals surface area (Å²) >= 11 is 1.86. The summed E-state index contributed by atoms with van der Waals surface area (Å²) in [5, 5.41) is 7.69. The van der Waals surface area contributed by atoms with E-state index in [1.807, 2.05) is 11.3 Å². The molecule has 0 spiro atoms. The van der Waals surface area contributed by atoms with Crippen molar-refractivity contribution >= 4 is 81.1 Å². The first-order chi connectivity index (χ1) is 33.2. The van der Waals surface area contributed by atoms with Crippen LogP contribution in [0.3, 0.4) is 0 Å². The number of benzene rings is 11. The fourth-order valence-corrected chi connectivity index (χ4v) is 11.2. The Labute approximate surface area is 393 Å². The van der Waals surface area contributed by atoms with E-state index in [1.54, 1.807) is 0 Å². The summed E-state index contributed by atoms with van der Waals surface area (Å²) in [6, 6.07) is 93.1. The molecule has 0 amide bonds. The Kier molecular flexibility index (Phi) is 9.40. The average molecular weight is 871 g/mol. The standard InChI is InChI=1S/C64H42N2S/c1-2-15-55-47(11-1)12-10-19-56(55)48-25-23-43(24-26-48)44-27-34-51(35-28-44)65(53-38-31-46(32-39-53)50-33-40-64-60(42-50)59-18-5-8-22-63(59)67-64)52-36-29-45(30-37-52)49-13-9-14-54(41-49)66-61-20-6-3-16-57(61)58-17-4-7-21-62(58)66/h1-42H. The highest BCUT2D eigenvalue weighted by atomic mass is 32.1. The van der Waals surface area contributed by atoms with Crippen LogP contribution < -0.4 is 4.90 Å². The van der Waals surface area contributed by atoms with Gasteiger partial charge in [0.25, 0.3) is 0 Å². The van der Waals surface area contributed by atoms with Crippen LogP contribution in [-0.4, -0.2) is 4.57 Å². The zero-order valence-electron chi connectivity index (χ0n) is 36.6. The maximum atomic E-state index is 2.39. The molecule has 67 heavy (non-hydrogen) atoms. The molecule has 0 aliphatic heterocycles. The molecule has 0 bridgehead atoms. The number of rotatable bonds is 8. The van der Waals surface area contributed by atoms with Crippen molar-refractivity contribution in [3.05, 3.63) is 255 Å². The topological polar surface area (TPSA) is 8.17 Å². The predicted molar refractivity (Wildman–Crippen MR) is 288 cm³/mol. The highest BCUT2D eigenvalue weighted by Gasteiger charge is 2.16. The summed E-state index contributed by atoms with van der Waals surface area (Å²) in [6.07, 6.45) is 0. The van der Waals surface area contributed by atoms with Crippen LogP contribution in [0, 0.1) is 0 Å². The van der Waals surface area contributed by atoms with Gasteiger partial charge in [-0.25, -0.2) is 0 Å². The van der Waals surface area contributed by atoms with Crippen LogP contribution in [0.5, 0.6) is 0 Å². The lowest BCUT2D eigenvalue weighted by Crippen LogP contribution is -2.09. The number of aromatic nitrogens is 1. The van der Waals surface area contributed by atoms with Crippen molar-refractivity contribution in [1.29, 1.82) is 0 Å². The van der Waals surface area contributed by atoms with E-state index in [0.29, 0.717) is 0 Å². The minimum Gasteiger partial charge on any atom is -0.311 e. The Morgan fingerprint density at radius 3 is 1.37 bits per heavy atom. The van der Waals surface area contributed by atoms with Crippen LogP contribution in [-0.2, 0) is 0 Å². The monoisotopic (exact) mass is 870 g/mol. The van der Waals surface area contributed by atoms with Gasteiger partial charge in [0, 0.05) is 53.7 Å². The first-order valence-corrected chi connectivity index (χ1v) is 23.7. The Morgan fingerprint density at radius 1 is 0.284 bits per heavy atom. The molecule has 314 valence electrons. The fourth-order valence-electron chi connectivity index (χ4n) is 10.1. The SMILES string of the molecule is c1cc(-c2ccc(N(c3ccc(-c4ccc(-c5cccc6ccccc56)cc4)cc3)c3ccc(-c4ccc5sc6ccccc6c5c4)cc3)cc2)cc(-n2c3ccccc3c3ccccc32)c1. The summed E-state index contributed by atoms with van der Waals surface area (Å²) in [7, 11) is 0. The van der Waals surface area contributed by atoms with Crippen molar-refractivity contribution in [2.75, 3.05) is 4.90 Å². The second kappa shape index (κ2) is 16.2. The van der Waals surface area contributed by atoms with Crippen molar-refractivity contribution in [2.24, 2.45) is 0 Å². The number of anilines is 3. The predicted octanol–water partition coefficient (Wildman–Crippen LogP) is 18.4. The molecule has 0 fully saturated rings. The van der Waals surface area contributed by atoms with Gasteiger partial charge >= 0.3 is 0 Å². The van der Waals surface area contributed by atoms with E-state index in [2.05, 4.69) is 264 Å². The Morgan fingerprint density at radius 2 is 0.731 bits per heavy atom. The van der Waals surface area contributed by atoms with E-state index in [-0.39, 0.29) is 0 Å². The molecule has 0 N–H and O–H groups in total. The molecule has 0 radical (unpaired) electrons. The molecule has 2 nitrogen and oxygen atoms in total. The molecule has 13 rings (SSSR count). The minimum absolute atomic E-state index is 1.09. The van der Waals surface area contributed by atoms with Crippen LogP contribution in [0.25, 0.3) is 103 Å². The van der Waals surface area contributed by atoms with Crippen molar-refractivity contribution in [3.63, 3.8) is 0 Å². The molecular weight excluding hydrogens is 829 g/mol. The molecule has 0 unspecified atom stereocenters. The molecular formula is C64H42N2S. The number of thiophene rings is 1. The Bertz CT molecular complexity index is 3890. The number of para-hydroxylation sites is 2. The van der Waals surface area contributed by atoms with Crippen LogP contribution in [0.4, 0.5) is 17.1 Å². The summed E-state index contributed by atoms with van der Waals surface area (Å²) < 4.78 is 5.03. The summed E-state index contributed by atoms with van der Waals surface area (Å²) in [5.41, 5.74) is 16.4. The van der Waals surface area contributed by atoms with Crippen molar-refractivity contribution in [1.82, 2.24) is 4.57 Å². The lowest BCUT2D eigenvalue weighted by molar-refractivity contribution is 1.18. The fraction of sp³-hybridized carbons (Fsp3) is 0. The lowest BCUT2D eigenvalue weighted by atomic mass is 9.96. The normalized spacial score (nSPS) is 11.6. The molecule has 0 aliphatic carbocycles. The highest BCUT2D eigenvalue weighted by molar-refractivity contribution is 7.25. The molecule has 0 saturated carbocycles. The molecule has 13 aromatic rings. The maximum Gasteiger partial charge on any atom is 0.0541 e. The van der Waals surface area contributed by atoms with Crippen LogP contribution in [0.1, 0.15) is 0 Å². The highest BCUT2D eigenvalue weighted by Crippen LogP contribution is 2.41. The van der Waals surface area contributed by atoms with Gasteiger partial charge in [0.2, 0.25) is 0 Å². The maximum absolute atomic E-state index is 2.39. The van der Waals surface area contributed by atoms with Gasteiger partial charge in [0.1, 0.15) is 0 Å². The summed E-state index contributed by atoms with van der Waals surface area (Å²) in [4.78, 5) is 2.37. The van der Waals surface area contributed by atoms with Crippen molar-refractivity contribution in [2.45, 2.75) is 0 Å². The second-order valence-electron chi connectivity index (χ2n) is 17.3. The van der Waals surface area contributed by atoms with Crippen LogP contribution >= 0.6 is 11.3 Å². The quantitative estimate of drug-likeness (QED) is 0.148. The lowest BCUT2D eigenvalue weighted by Gasteiger charge is -2.26. The van der Waals surface area contributed by atoms with E-state index in [1.165, 1.54) is 97.3 Å². The second-order valence-corrected chi connectivity index (χ2v) is 18.4. The molecule has 0 aliphatic rings. The van der Waals surface area contributed by atoms with Gasteiger partial charge in [-0.15, -0.1) is 11.3 Å². The smallest absolute Gasteiger partial charge is 0.0541 e. The zero-order chi connectivity index (χ0) is 44.3. The molecule has 0 atom stereocenters. The summed E-state index contributed by atoms with van der Waals surface area (Å²) in [5.74, 6) is 0. The van der Waals surface area contributed by atoms with Crippen molar-refractivity contribution < 1.29 is 0 Å². The van der Waals surface area contributed by atoms with Crippen LogP contribution in [0.2, 0.25) is 0 Å². The molecule has 2 aromatic heterocycles. The number of fused-ring (bicyclic) bond motifs is 7. The minimum atomic E-state index is 1.09. The van der Waals surface area contributed by atoms with E-state index in [4.69, 9.17) is 0 Å². The molecule has 2 heterocycles. The van der Waals surface area contributed by atoms with Gasteiger partial charge in [-0.2, -0.15) is 0 Å². The summed E-state index contributed by atoms with van der Waals surface area (Å²) in [6.45, 7) is 0. The van der Waals surface area contributed by atoms with Crippen LogP contribution in [0.15, 0.2) is 255 Å². The third-order valence-corrected chi connectivity index (χ3v) is 14.6. The number of hydrogen-bond acceptors (Lipinski definition) is 2. The average Bonchev–Trinajstić information content (AvgIpc) is 3.95. The first-order valence-electron chi connectivity index (χ1n) is 22.9. The van der Waals surface area contributed by atoms with Gasteiger partial charge in [0.05, 0.1) is 11.0 Å². The Balaban J connectivity index is 0.852. The van der Waals surface area contributed by atoms with E-state index >= 15 is 0 Å². The van der Waals surface area contributed by atoms with Gasteiger partial charge in [-0.1, -0.05) is 176 Å². The third kappa shape index (κ3) is 6.88. The molecule has 11 aromatic carbocycles. The first kappa shape index (κ1) is 38.9. The largest absolute Gasteiger partial charge is 0.311 e. The van der Waals surface area contributed by atoms with E-state index < -0.39 is 0 Å². The number of hydrogen-bond donors (Lipinski definition) is 0. The third-order valence-electron chi connectivity index (χ3n) is 13.4. The van der Waals surface area contributed by atoms with E-state index in [0.717, 1.165) is 22.7 Å². The van der Waals surface area contributed by atoms with Gasteiger partial charge in [-0.3, -0.25) is 0 Å². The van der Waals surface area contributed by atoms with Gasteiger partial charge in [-0.05, 0) is 134 Å². The zero-order valence-corrected chi connectivity index (χ0v) is 37.4.